The van der Waals surface area contributed by atoms with Crippen molar-refractivity contribution in [3.63, 3.8) is 0 Å². The highest BCUT2D eigenvalue weighted by Crippen LogP contribution is 2.37. The first-order chi connectivity index (χ1) is 13.4. The summed E-state index contributed by atoms with van der Waals surface area (Å²) in [7, 11) is 0. The first-order valence-electron chi connectivity index (χ1n) is 8.17. The van der Waals surface area contributed by atoms with Gasteiger partial charge in [0, 0.05) is 12.4 Å². The Morgan fingerprint density at radius 3 is 2.57 bits per heavy atom. The van der Waals surface area contributed by atoms with Crippen LogP contribution in [0, 0.1) is 0 Å². The predicted octanol–water partition coefficient (Wildman–Crippen LogP) is 5.04. The maximum Gasteiger partial charge on any atom is 0.416 e. The smallest absolute Gasteiger partial charge is 0.416 e. The molecule has 2 aromatic carbocycles. The lowest BCUT2D eigenvalue weighted by molar-refractivity contribution is -0.137. The summed E-state index contributed by atoms with van der Waals surface area (Å²) in [4.78, 5) is 4.09. The van der Waals surface area contributed by atoms with Gasteiger partial charge in [0.2, 0.25) is 0 Å². The number of nitrogens with zero attached hydrogens (tertiary/aromatic N) is 4. The van der Waals surface area contributed by atoms with Crippen LogP contribution in [-0.4, -0.2) is 19.6 Å². The second-order valence-electron chi connectivity index (χ2n) is 5.92. The van der Waals surface area contributed by atoms with Gasteiger partial charge in [0.15, 0.2) is 16.6 Å². The van der Waals surface area contributed by atoms with Crippen molar-refractivity contribution < 1.29 is 17.9 Å². The minimum Gasteiger partial charge on any atom is -0.488 e. The molecule has 4 rings (SSSR count). The number of rotatable bonds is 4. The zero-order chi connectivity index (χ0) is 19.7. The van der Waals surface area contributed by atoms with Crippen molar-refractivity contribution >= 4 is 17.2 Å². The van der Waals surface area contributed by atoms with Crippen LogP contribution in [0.2, 0.25) is 5.15 Å². The number of hydrogen-bond donors (Lipinski definition) is 0. The standard InChI is InChI=1S/C19H12ClF3N4O/c20-16-18-24-8-9-27(18)17(26-25-16)14-7-6-13(19(21,22)23)10-15(14)28-11-12-4-2-1-3-5-12/h1-10H,11H2. The Morgan fingerprint density at radius 2 is 1.82 bits per heavy atom. The number of halogens is 4. The first kappa shape index (κ1) is 18.2. The number of alkyl halides is 3. The van der Waals surface area contributed by atoms with Crippen molar-refractivity contribution in [1.29, 1.82) is 0 Å². The van der Waals surface area contributed by atoms with Crippen LogP contribution in [0.25, 0.3) is 17.0 Å². The van der Waals surface area contributed by atoms with Gasteiger partial charge in [-0.2, -0.15) is 13.2 Å². The lowest BCUT2D eigenvalue weighted by Gasteiger charge is -2.15. The Balaban J connectivity index is 1.81. The zero-order valence-electron chi connectivity index (χ0n) is 14.2. The second-order valence-corrected chi connectivity index (χ2v) is 6.28. The quantitative estimate of drug-likeness (QED) is 0.478. The summed E-state index contributed by atoms with van der Waals surface area (Å²) in [5.74, 6) is 0.305. The van der Waals surface area contributed by atoms with Gasteiger partial charge in [-0.05, 0) is 23.8 Å². The molecule has 2 heterocycles. The van der Waals surface area contributed by atoms with Gasteiger partial charge in [0.25, 0.3) is 0 Å². The third kappa shape index (κ3) is 3.50. The fraction of sp³-hybridized carbons (Fsp3) is 0.105. The molecule has 0 amide bonds. The van der Waals surface area contributed by atoms with E-state index in [1.165, 1.54) is 12.3 Å². The molecule has 0 radical (unpaired) electrons. The molecule has 9 heteroatoms. The average Bonchev–Trinajstić information content (AvgIpc) is 3.18. The summed E-state index contributed by atoms with van der Waals surface area (Å²) in [5, 5.41) is 7.97. The fourth-order valence-electron chi connectivity index (χ4n) is 2.73. The van der Waals surface area contributed by atoms with E-state index in [0.29, 0.717) is 11.2 Å². The third-order valence-corrected chi connectivity index (χ3v) is 4.32. The van der Waals surface area contributed by atoms with Gasteiger partial charge < -0.3 is 4.74 Å². The molecule has 0 unspecified atom stereocenters. The number of ether oxygens (including phenoxy) is 1. The van der Waals surface area contributed by atoms with Crippen LogP contribution in [0.5, 0.6) is 5.75 Å². The van der Waals surface area contributed by atoms with Crippen molar-refractivity contribution in [3.05, 3.63) is 77.2 Å². The molecule has 28 heavy (non-hydrogen) atoms. The predicted molar refractivity (Wildman–Crippen MR) is 97.0 cm³/mol. The monoisotopic (exact) mass is 404 g/mol. The van der Waals surface area contributed by atoms with Crippen LogP contribution in [0.1, 0.15) is 11.1 Å². The summed E-state index contributed by atoms with van der Waals surface area (Å²) < 4.78 is 46.9. The van der Waals surface area contributed by atoms with Crippen molar-refractivity contribution in [2.24, 2.45) is 0 Å². The van der Waals surface area contributed by atoms with E-state index in [1.54, 1.807) is 10.6 Å². The second kappa shape index (κ2) is 7.12. The van der Waals surface area contributed by atoms with Crippen LogP contribution < -0.4 is 4.74 Å². The van der Waals surface area contributed by atoms with Crippen LogP contribution in [0.3, 0.4) is 0 Å². The van der Waals surface area contributed by atoms with E-state index in [0.717, 1.165) is 17.7 Å². The molecule has 0 atom stereocenters. The Labute approximate surface area is 162 Å². The minimum absolute atomic E-state index is 0.0327. The van der Waals surface area contributed by atoms with Crippen LogP contribution in [-0.2, 0) is 12.8 Å². The van der Waals surface area contributed by atoms with Crippen molar-refractivity contribution in [2.45, 2.75) is 12.8 Å². The molecule has 0 aliphatic carbocycles. The van der Waals surface area contributed by atoms with E-state index in [-0.39, 0.29) is 23.3 Å². The van der Waals surface area contributed by atoms with Crippen LogP contribution in [0.4, 0.5) is 13.2 Å². The molecule has 0 saturated carbocycles. The molecule has 0 fully saturated rings. The Bertz CT molecular complexity index is 1130. The SMILES string of the molecule is FC(F)(F)c1ccc(-c2nnc(Cl)c3nccn23)c(OCc2ccccc2)c1. The van der Waals surface area contributed by atoms with Gasteiger partial charge in [-0.1, -0.05) is 41.9 Å². The van der Waals surface area contributed by atoms with Gasteiger partial charge >= 0.3 is 6.18 Å². The summed E-state index contributed by atoms with van der Waals surface area (Å²) in [6, 6.07) is 12.4. The molecule has 0 saturated heterocycles. The van der Waals surface area contributed by atoms with Gasteiger partial charge in [-0.3, -0.25) is 4.40 Å². The third-order valence-electron chi connectivity index (χ3n) is 4.07. The maximum atomic E-state index is 13.2. The number of fused-ring (bicyclic) bond motifs is 1. The highest BCUT2D eigenvalue weighted by molar-refractivity contribution is 6.32. The highest BCUT2D eigenvalue weighted by atomic mass is 35.5. The Morgan fingerprint density at radius 1 is 1.04 bits per heavy atom. The molecule has 0 spiro atoms. The summed E-state index contributed by atoms with van der Waals surface area (Å²) >= 11 is 5.99. The molecule has 0 bridgehead atoms. The first-order valence-corrected chi connectivity index (χ1v) is 8.55. The lowest BCUT2D eigenvalue weighted by atomic mass is 10.1. The molecule has 4 aromatic rings. The fourth-order valence-corrected chi connectivity index (χ4v) is 2.91. The van der Waals surface area contributed by atoms with Crippen molar-refractivity contribution in [3.8, 4) is 17.1 Å². The molecule has 0 aliphatic rings. The zero-order valence-corrected chi connectivity index (χ0v) is 14.9. The van der Waals surface area contributed by atoms with E-state index in [1.807, 2.05) is 30.3 Å². The lowest BCUT2D eigenvalue weighted by Crippen LogP contribution is -2.07. The topological polar surface area (TPSA) is 52.3 Å². The van der Waals surface area contributed by atoms with Gasteiger partial charge in [0.05, 0.1) is 11.1 Å². The van der Waals surface area contributed by atoms with Crippen molar-refractivity contribution in [2.75, 3.05) is 0 Å². The van der Waals surface area contributed by atoms with Crippen molar-refractivity contribution in [1.82, 2.24) is 19.6 Å². The highest BCUT2D eigenvalue weighted by Gasteiger charge is 2.32. The molecule has 0 aliphatic heterocycles. The van der Waals surface area contributed by atoms with Gasteiger partial charge in [-0.25, -0.2) is 4.98 Å². The number of benzene rings is 2. The summed E-state index contributed by atoms with van der Waals surface area (Å²) in [5.41, 5.74) is 0.695. The summed E-state index contributed by atoms with van der Waals surface area (Å²) in [6.07, 6.45) is -1.40. The number of imidazole rings is 1. The van der Waals surface area contributed by atoms with E-state index < -0.39 is 11.7 Å². The minimum atomic E-state index is -4.50. The normalized spacial score (nSPS) is 11.7. The van der Waals surface area contributed by atoms with Crippen LogP contribution in [0.15, 0.2) is 60.9 Å². The molecule has 0 N–H and O–H groups in total. The Kier molecular flexibility index (Phi) is 4.64. The van der Waals surface area contributed by atoms with Gasteiger partial charge in [0.1, 0.15) is 12.4 Å². The van der Waals surface area contributed by atoms with Crippen LogP contribution >= 0.6 is 11.6 Å². The van der Waals surface area contributed by atoms with E-state index in [2.05, 4.69) is 15.2 Å². The maximum absolute atomic E-state index is 13.2. The molecule has 142 valence electrons. The van der Waals surface area contributed by atoms with E-state index in [4.69, 9.17) is 16.3 Å². The average molecular weight is 405 g/mol. The van der Waals surface area contributed by atoms with E-state index in [9.17, 15) is 13.2 Å². The number of aromatic nitrogens is 4. The Hall–Kier alpha value is -3.13. The largest absolute Gasteiger partial charge is 0.488 e. The molecule has 2 aromatic heterocycles. The number of hydrogen-bond acceptors (Lipinski definition) is 4. The molecular formula is C19H12ClF3N4O. The molecular weight excluding hydrogens is 393 g/mol. The molecule has 5 nitrogen and oxygen atoms in total. The van der Waals surface area contributed by atoms with Gasteiger partial charge in [-0.15, -0.1) is 10.2 Å². The summed E-state index contributed by atoms with van der Waals surface area (Å²) in [6.45, 7) is 0.100. The van der Waals surface area contributed by atoms with E-state index >= 15 is 0 Å².